The molecule has 0 saturated carbocycles. The summed E-state index contributed by atoms with van der Waals surface area (Å²) in [5.41, 5.74) is 0.510. The van der Waals surface area contributed by atoms with Crippen molar-refractivity contribution in [1.29, 1.82) is 0 Å². The Bertz CT molecular complexity index is 331. The van der Waals surface area contributed by atoms with E-state index in [-0.39, 0.29) is 17.1 Å². The SMILES string of the molecule is COC(=O)C1=NC[C@@H](O[Si](C)(C)C(C)(C)C)C1. The first-order valence-electron chi connectivity index (χ1n) is 5.97. The minimum atomic E-state index is -1.77. The molecular weight excluding hydrogens is 234 g/mol. The lowest BCUT2D eigenvalue weighted by Gasteiger charge is -2.38. The van der Waals surface area contributed by atoms with Gasteiger partial charge in [0.25, 0.3) is 0 Å². The topological polar surface area (TPSA) is 47.9 Å². The molecule has 0 aliphatic carbocycles. The van der Waals surface area contributed by atoms with Crippen molar-refractivity contribution in [3.05, 3.63) is 0 Å². The Labute approximate surface area is 105 Å². The molecule has 0 unspecified atom stereocenters. The van der Waals surface area contributed by atoms with Crippen molar-refractivity contribution in [1.82, 2.24) is 0 Å². The first kappa shape index (κ1) is 14.4. The maximum absolute atomic E-state index is 11.3. The zero-order valence-electron chi connectivity index (χ0n) is 11.7. The lowest BCUT2D eigenvalue weighted by molar-refractivity contribution is -0.132. The first-order chi connectivity index (χ1) is 7.67. The van der Waals surface area contributed by atoms with E-state index in [1.807, 2.05) is 0 Å². The molecule has 1 atom stereocenters. The van der Waals surface area contributed by atoms with E-state index in [2.05, 4.69) is 43.6 Å². The average Bonchev–Trinajstić information content (AvgIpc) is 2.62. The van der Waals surface area contributed by atoms with Gasteiger partial charge in [0.15, 0.2) is 8.32 Å². The minimum absolute atomic E-state index is 0.0463. The fourth-order valence-corrected chi connectivity index (χ4v) is 2.84. The van der Waals surface area contributed by atoms with Crippen LogP contribution in [0.2, 0.25) is 18.1 Å². The standard InChI is InChI=1S/C12H23NO3Si/c1-12(2,3)17(5,6)16-9-7-10(13-8-9)11(14)15-4/h9H,7-8H2,1-6H3/t9-/m0/s1. The van der Waals surface area contributed by atoms with Crippen LogP contribution in [-0.4, -0.2) is 39.8 Å². The number of carbonyl (C=O) groups excluding carboxylic acids is 1. The molecule has 0 aromatic carbocycles. The van der Waals surface area contributed by atoms with E-state index in [4.69, 9.17) is 4.43 Å². The van der Waals surface area contributed by atoms with Gasteiger partial charge in [0.1, 0.15) is 5.71 Å². The van der Waals surface area contributed by atoms with Crippen LogP contribution < -0.4 is 0 Å². The normalized spacial score (nSPS) is 21.3. The molecule has 98 valence electrons. The molecule has 1 rings (SSSR count). The van der Waals surface area contributed by atoms with Gasteiger partial charge in [-0.15, -0.1) is 0 Å². The number of ether oxygens (including phenoxy) is 1. The van der Waals surface area contributed by atoms with Crippen LogP contribution in [0, 0.1) is 0 Å². The Balaban J connectivity index is 2.56. The summed E-state index contributed by atoms with van der Waals surface area (Å²) in [5.74, 6) is -0.327. The Kier molecular flexibility index (Phi) is 4.14. The Morgan fingerprint density at radius 1 is 1.41 bits per heavy atom. The number of carbonyl (C=O) groups is 1. The van der Waals surface area contributed by atoms with Crippen LogP contribution in [0.15, 0.2) is 4.99 Å². The Morgan fingerprint density at radius 3 is 2.47 bits per heavy atom. The molecule has 17 heavy (non-hydrogen) atoms. The van der Waals surface area contributed by atoms with Crippen LogP contribution in [0.25, 0.3) is 0 Å². The van der Waals surface area contributed by atoms with Crippen molar-refractivity contribution in [2.75, 3.05) is 13.7 Å². The second kappa shape index (κ2) is 4.90. The summed E-state index contributed by atoms with van der Waals surface area (Å²) < 4.78 is 10.9. The third-order valence-corrected chi connectivity index (χ3v) is 8.13. The van der Waals surface area contributed by atoms with E-state index in [0.29, 0.717) is 18.7 Å². The van der Waals surface area contributed by atoms with Crippen LogP contribution in [0.4, 0.5) is 0 Å². The number of hydrogen-bond acceptors (Lipinski definition) is 4. The largest absolute Gasteiger partial charge is 0.465 e. The average molecular weight is 257 g/mol. The van der Waals surface area contributed by atoms with Gasteiger partial charge in [-0.2, -0.15) is 0 Å². The molecule has 1 heterocycles. The van der Waals surface area contributed by atoms with E-state index in [1.165, 1.54) is 7.11 Å². The summed E-state index contributed by atoms with van der Waals surface area (Å²) in [6, 6.07) is 0. The van der Waals surface area contributed by atoms with Crippen molar-refractivity contribution in [3.8, 4) is 0 Å². The molecule has 0 fully saturated rings. The van der Waals surface area contributed by atoms with Gasteiger partial charge in [-0.25, -0.2) is 4.79 Å². The number of hydrogen-bond donors (Lipinski definition) is 0. The van der Waals surface area contributed by atoms with Crippen molar-refractivity contribution in [2.24, 2.45) is 4.99 Å². The second-order valence-electron chi connectivity index (χ2n) is 5.98. The van der Waals surface area contributed by atoms with Crippen molar-refractivity contribution >= 4 is 20.0 Å². The molecule has 0 saturated heterocycles. The third kappa shape index (κ3) is 3.39. The van der Waals surface area contributed by atoms with E-state index in [9.17, 15) is 4.79 Å². The molecule has 5 heteroatoms. The van der Waals surface area contributed by atoms with Crippen molar-refractivity contribution in [2.45, 2.75) is 51.4 Å². The van der Waals surface area contributed by atoms with Gasteiger partial charge >= 0.3 is 5.97 Å². The van der Waals surface area contributed by atoms with E-state index in [1.54, 1.807) is 0 Å². The summed E-state index contributed by atoms with van der Waals surface area (Å²) in [5, 5.41) is 0.182. The number of rotatable bonds is 3. The van der Waals surface area contributed by atoms with E-state index >= 15 is 0 Å². The maximum atomic E-state index is 11.3. The highest BCUT2D eigenvalue weighted by molar-refractivity contribution is 6.74. The highest BCUT2D eigenvalue weighted by atomic mass is 28.4. The van der Waals surface area contributed by atoms with Gasteiger partial charge in [-0.3, -0.25) is 4.99 Å². The molecule has 0 bridgehead atoms. The van der Waals surface area contributed by atoms with Gasteiger partial charge in [0.2, 0.25) is 0 Å². The molecule has 0 radical (unpaired) electrons. The fourth-order valence-electron chi connectivity index (χ4n) is 1.49. The monoisotopic (exact) mass is 257 g/mol. The number of esters is 1. The van der Waals surface area contributed by atoms with Crippen molar-refractivity contribution < 1.29 is 14.0 Å². The number of methoxy groups -OCH3 is 1. The summed E-state index contributed by atoms with van der Waals surface area (Å²) >= 11 is 0. The molecule has 1 aliphatic heterocycles. The summed E-state index contributed by atoms with van der Waals surface area (Å²) in [7, 11) is -0.388. The molecule has 0 amide bonds. The summed E-state index contributed by atoms with van der Waals surface area (Å²) in [4.78, 5) is 15.5. The first-order valence-corrected chi connectivity index (χ1v) is 8.87. The van der Waals surface area contributed by atoms with Crippen LogP contribution in [0.1, 0.15) is 27.2 Å². The molecular formula is C12H23NO3Si. The number of aliphatic imine (C=N–C) groups is 1. The highest BCUT2D eigenvalue weighted by Gasteiger charge is 2.40. The van der Waals surface area contributed by atoms with Gasteiger partial charge in [0.05, 0.1) is 19.8 Å². The lowest BCUT2D eigenvalue weighted by Crippen LogP contribution is -2.44. The van der Waals surface area contributed by atoms with Crippen LogP contribution in [0.5, 0.6) is 0 Å². The fraction of sp³-hybridized carbons (Fsp3) is 0.833. The molecule has 0 aromatic rings. The van der Waals surface area contributed by atoms with Crippen molar-refractivity contribution in [3.63, 3.8) is 0 Å². The smallest absolute Gasteiger partial charge is 0.352 e. The van der Waals surface area contributed by atoms with Crippen LogP contribution in [0.3, 0.4) is 0 Å². The maximum Gasteiger partial charge on any atom is 0.352 e. The van der Waals surface area contributed by atoms with Gasteiger partial charge < -0.3 is 9.16 Å². The zero-order chi connectivity index (χ0) is 13.3. The van der Waals surface area contributed by atoms with E-state index < -0.39 is 8.32 Å². The van der Waals surface area contributed by atoms with Crippen LogP contribution >= 0.6 is 0 Å². The second-order valence-corrected chi connectivity index (χ2v) is 10.7. The molecule has 4 nitrogen and oxygen atoms in total. The lowest BCUT2D eigenvalue weighted by atomic mass is 10.2. The molecule has 1 aliphatic rings. The Morgan fingerprint density at radius 2 is 2.00 bits per heavy atom. The predicted octanol–water partition coefficient (Wildman–Crippen LogP) is 2.39. The molecule has 0 spiro atoms. The number of nitrogens with zero attached hydrogens (tertiary/aromatic N) is 1. The summed E-state index contributed by atoms with van der Waals surface area (Å²) in [6.07, 6.45) is 0.629. The quantitative estimate of drug-likeness (QED) is 0.576. The third-order valence-electron chi connectivity index (χ3n) is 3.60. The van der Waals surface area contributed by atoms with Gasteiger partial charge in [0, 0.05) is 6.42 Å². The van der Waals surface area contributed by atoms with Crippen LogP contribution in [-0.2, 0) is 14.0 Å². The Hall–Kier alpha value is -0.683. The molecule has 0 aromatic heterocycles. The van der Waals surface area contributed by atoms with E-state index in [0.717, 1.165) is 0 Å². The minimum Gasteiger partial charge on any atom is -0.465 e. The van der Waals surface area contributed by atoms with Gasteiger partial charge in [-0.1, -0.05) is 20.8 Å². The van der Waals surface area contributed by atoms with Gasteiger partial charge in [-0.05, 0) is 18.1 Å². The summed E-state index contributed by atoms with van der Waals surface area (Å²) in [6.45, 7) is 11.6. The highest BCUT2D eigenvalue weighted by Crippen LogP contribution is 2.38. The zero-order valence-corrected chi connectivity index (χ0v) is 12.7. The predicted molar refractivity (Wildman–Crippen MR) is 71.0 cm³/mol. The molecule has 0 N–H and O–H groups in total.